The number of rotatable bonds is 5. The Bertz CT molecular complexity index is 990. The molecular weight excluding hydrogens is 374 g/mol. The average molecular weight is 397 g/mol. The molecule has 1 atom stereocenters. The van der Waals surface area contributed by atoms with E-state index < -0.39 is 0 Å². The summed E-state index contributed by atoms with van der Waals surface area (Å²) in [6.07, 6.45) is 4.42. The third kappa shape index (κ3) is 4.08. The van der Waals surface area contributed by atoms with E-state index in [2.05, 4.69) is 15.2 Å². The van der Waals surface area contributed by atoms with Gasteiger partial charge < -0.3 is 18.6 Å². The number of carbonyl (C=O) groups excluding carboxylic acids is 2. The van der Waals surface area contributed by atoms with Crippen molar-refractivity contribution in [1.82, 2.24) is 25.0 Å². The zero-order valence-corrected chi connectivity index (χ0v) is 16.4. The summed E-state index contributed by atoms with van der Waals surface area (Å²) in [7, 11) is 1.74. The highest BCUT2D eigenvalue weighted by Crippen LogP contribution is 2.23. The fourth-order valence-corrected chi connectivity index (χ4v) is 3.68. The summed E-state index contributed by atoms with van der Waals surface area (Å²) in [5, 5.41) is 7.03. The number of hydrogen-bond donors (Lipinski definition) is 1. The van der Waals surface area contributed by atoms with E-state index in [9.17, 15) is 9.59 Å². The summed E-state index contributed by atoms with van der Waals surface area (Å²) < 4.78 is 10.5. The normalized spacial score (nSPS) is 16.8. The van der Waals surface area contributed by atoms with E-state index in [0.29, 0.717) is 36.8 Å². The standard InChI is InChI=1S/C20H23N5O4/c1-13-5-6-18(29-13)15-8-16(23-22-15)20(27)25-7-3-4-14(10-25)9-24(2)19(26)17-11-28-12-21-17/h5-6,8,11-12,14H,3-4,7,9-10H2,1-2H3,(H,22,23). The van der Waals surface area contributed by atoms with Gasteiger partial charge in [-0.25, -0.2) is 4.98 Å². The number of nitrogens with one attached hydrogen (secondary N) is 1. The first kappa shape index (κ1) is 19.0. The number of hydrogen-bond acceptors (Lipinski definition) is 6. The highest BCUT2D eigenvalue weighted by atomic mass is 16.3. The second kappa shape index (κ2) is 7.94. The van der Waals surface area contributed by atoms with Crippen LogP contribution >= 0.6 is 0 Å². The summed E-state index contributed by atoms with van der Waals surface area (Å²) >= 11 is 0. The molecule has 0 aromatic carbocycles. The quantitative estimate of drug-likeness (QED) is 0.709. The lowest BCUT2D eigenvalue weighted by Crippen LogP contribution is -2.44. The van der Waals surface area contributed by atoms with Gasteiger partial charge in [-0.1, -0.05) is 0 Å². The lowest BCUT2D eigenvalue weighted by Gasteiger charge is -2.34. The molecule has 0 bridgehead atoms. The fourth-order valence-electron chi connectivity index (χ4n) is 3.68. The van der Waals surface area contributed by atoms with Crippen LogP contribution in [0.4, 0.5) is 0 Å². The summed E-state index contributed by atoms with van der Waals surface area (Å²) in [4.78, 5) is 32.6. The highest BCUT2D eigenvalue weighted by Gasteiger charge is 2.28. The Kier molecular flexibility index (Phi) is 5.20. The van der Waals surface area contributed by atoms with E-state index in [0.717, 1.165) is 18.6 Å². The molecule has 9 nitrogen and oxygen atoms in total. The molecule has 2 amide bonds. The molecule has 4 rings (SSSR count). The van der Waals surface area contributed by atoms with E-state index in [1.54, 1.807) is 22.9 Å². The zero-order valence-electron chi connectivity index (χ0n) is 16.4. The Hall–Kier alpha value is -3.36. The summed E-state index contributed by atoms with van der Waals surface area (Å²) in [5.74, 6) is 1.34. The molecular formula is C20H23N5O4. The van der Waals surface area contributed by atoms with Crippen molar-refractivity contribution in [2.75, 3.05) is 26.7 Å². The molecule has 0 aliphatic carbocycles. The number of amides is 2. The average Bonchev–Trinajstić information content (AvgIpc) is 3.48. The van der Waals surface area contributed by atoms with Crippen molar-refractivity contribution in [3.05, 3.63) is 48.0 Å². The number of nitrogens with zero attached hydrogens (tertiary/aromatic N) is 4. The van der Waals surface area contributed by atoms with E-state index >= 15 is 0 Å². The maximum absolute atomic E-state index is 12.9. The van der Waals surface area contributed by atoms with Crippen LogP contribution in [0, 0.1) is 12.8 Å². The molecule has 1 saturated heterocycles. The largest absolute Gasteiger partial charge is 0.460 e. The van der Waals surface area contributed by atoms with Crippen LogP contribution in [0.15, 0.2) is 39.7 Å². The van der Waals surface area contributed by atoms with Gasteiger partial charge in [0.25, 0.3) is 11.8 Å². The molecule has 1 aliphatic rings. The molecule has 0 radical (unpaired) electrons. The van der Waals surface area contributed by atoms with Crippen molar-refractivity contribution in [3.8, 4) is 11.5 Å². The predicted octanol–water partition coefficient (Wildman–Crippen LogP) is 2.59. The van der Waals surface area contributed by atoms with Gasteiger partial charge in [-0.05, 0) is 37.8 Å². The lowest BCUT2D eigenvalue weighted by molar-refractivity contribution is 0.0612. The van der Waals surface area contributed by atoms with Crippen LogP contribution in [-0.2, 0) is 0 Å². The van der Waals surface area contributed by atoms with Gasteiger partial charge in [-0.15, -0.1) is 0 Å². The van der Waals surface area contributed by atoms with Crippen molar-refractivity contribution in [2.45, 2.75) is 19.8 Å². The van der Waals surface area contributed by atoms with Crippen molar-refractivity contribution in [3.63, 3.8) is 0 Å². The van der Waals surface area contributed by atoms with Gasteiger partial charge in [0.05, 0.1) is 0 Å². The third-order valence-corrected chi connectivity index (χ3v) is 5.14. The molecule has 1 N–H and O–H groups in total. The van der Waals surface area contributed by atoms with Crippen LogP contribution in [0.3, 0.4) is 0 Å². The number of aryl methyl sites for hydroxylation is 1. The van der Waals surface area contributed by atoms with E-state index in [4.69, 9.17) is 8.83 Å². The van der Waals surface area contributed by atoms with E-state index in [-0.39, 0.29) is 23.4 Å². The molecule has 3 aromatic rings. The molecule has 3 aromatic heterocycles. The van der Waals surface area contributed by atoms with Crippen molar-refractivity contribution in [2.24, 2.45) is 5.92 Å². The topological polar surface area (TPSA) is 108 Å². The van der Waals surface area contributed by atoms with Crippen LogP contribution in [0.1, 0.15) is 39.6 Å². The second-order valence-corrected chi connectivity index (χ2v) is 7.40. The summed E-state index contributed by atoms with van der Waals surface area (Å²) in [5.41, 5.74) is 1.32. The summed E-state index contributed by atoms with van der Waals surface area (Å²) in [6.45, 7) is 3.67. The molecule has 29 heavy (non-hydrogen) atoms. The zero-order chi connectivity index (χ0) is 20.4. The first-order valence-corrected chi connectivity index (χ1v) is 9.56. The van der Waals surface area contributed by atoms with Crippen LogP contribution in [0.25, 0.3) is 11.5 Å². The number of carbonyl (C=O) groups is 2. The highest BCUT2D eigenvalue weighted by molar-refractivity contribution is 5.93. The third-order valence-electron chi connectivity index (χ3n) is 5.14. The van der Waals surface area contributed by atoms with Gasteiger partial charge in [0.15, 0.2) is 23.5 Å². The number of aromatic amines is 1. The van der Waals surface area contributed by atoms with E-state index in [1.807, 2.05) is 19.1 Å². The maximum Gasteiger partial charge on any atom is 0.275 e. The van der Waals surface area contributed by atoms with Gasteiger partial charge in [0.1, 0.15) is 17.7 Å². The van der Waals surface area contributed by atoms with Crippen LogP contribution in [-0.4, -0.2) is 63.5 Å². The Morgan fingerprint density at radius 3 is 2.93 bits per heavy atom. The fraction of sp³-hybridized carbons (Fsp3) is 0.400. The van der Waals surface area contributed by atoms with Crippen LogP contribution in [0.2, 0.25) is 0 Å². The van der Waals surface area contributed by atoms with E-state index in [1.165, 1.54) is 12.7 Å². The molecule has 152 valence electrons. The summed E-state index contributed by atoms with van der Waals surface area (Å²) in [6, 6.07) is 5.42. The van der Waals surface area contributed by atoms with Gasteiger partial charge in [-0.3, -0.25) is 14.7 Å². The number of piperidine rings is 1. The molecule has 0 saturated carbocycles. The lowest BCUT2D eigenvalue weighted by atomic mass is 9.97. The van der Waals surface area contributed by atoms with Crippen LogP contribution in [0.5, 0.6) is 0 Å². The maximum atomic E-state index is 12.9. The monoisotopic (exact) mass is 397 g/mol. The van der Waals surface area contributed by atoms with Gasteiger partial charge in [0, 0.05) is 32.7 Å². The molecule has 9 heteroatoms. The predicted molar refractivity (Wildman–Crippen MR) is 103 cm³/mol. The number of oxazole rings is 1. The molecule has 4 heterocycles. The number of aromatic nitrogens is 3. The first-order valence-electron chi connectivity index (χ1n) is 9.56. The molecule has 1 fully saturated rings. The van der Waals surface area contributed by atoms with Gasteiger partial charge >= 0.3 is 0 Å². The van der Waals surface area contributed by atoms with Crippen molar-refractivity contribution in [1.29, 1.82) is 0 Å². The Morgan fingerprint density at radius 2 is 2.21 bits per heavy atom. The molecule has 1 aliphatic heterocycles. The van der Waals surface area contributed by atoms with Crippen molar-refractivity contribution < 1.29 is 18.4 Å². The minimum atomic E-state index is -0.187. The number of H-pyrrole nitrogens is 1. The van der Waals surface area contributed by atoms with Gasteiger partial charge in [0.2, 0.25) is 0 Å². The molecule has 0 spiro atoms. The number of likely N-dealkylation sites (tertiary alicyclic amines) is 1. The van der Waals surface area contributed by atoms with Gasteiger partial charge in [-0.2, -0.15) is 5.10 Å². The SMILES string of the molecule is Cc1ccc(-c2cc(C(=O)N3CCCC(CN(C)C(=O)c4cocn4)C3)n[nH]2)o1. The molecule has 1 unspecified atom stereocenters. The Morgan fingerprint density at radius 1 is 1.34 bits per heavy atom. The minimum absolute atomic E-state index is 0.119. The van der Waals surface area contributed by atoms with Crippen molar-refractivity contribution >= 4 is 11.8 Å². The first-order chi connectivity index (χ1) is 14.0. The Labute approximate surface area is 167 Å². The minimum Gasteiger partial charge on any atom is -0.460 e. The number of furan rings is 1. The van der Waals surface area contributed by atoms with Crippen LogP contribution < -0.4 is 0 Å². The Balaban J connectivity index is 1.38. The second-order valence-electron chi connectivity index (χ2n) is 7.40. The smallest absolute Gasteiger partial charge is 0.275 e.